The van der Waals surface area contributed by atoms with Crippen LogP contribution in [-0.2, 0) is 6.18 Å². The Labute approximate surface area is 126 Å². The van der Waals surface area contributed by atoms with Crippen molar-refractivity contribution in [2.75, 3.05) is 5.32 Å². The van der Waals surface area contributed by atoms with Gasteiger partial charge < -0.3 is 15.3 Å². The number of H-pyrrole nitrogens is 2. The third-order valence-electron chi connectivity index (χ3n) is 2.95. The van der Waals surface area contributed by atoms with Crippen molar-refractivity contribution in [2.45, 2.75) is 6.18 Å². The van der Waals surface area contributed by atoms with Crippen LogP contribution in [0.5, 0.6) is 0 Å². The Morgan fingerprint density at radius 2 is 1.86 bits per heavy atom. The Morgan fingerprint density at radius 3 is 2.55 bits per heavy atom. The van der Waals surface area contributed by atoms with E-state index in [1.807, 2.05) is 0 Å². The van der Waals surface area contributed by atoms with Crippen LogP contribution in [0.25, 0.3) is 11.0 Å². The molecule has 5 nitrogen and oxygen atoms in total. The number of aromatic amines is 2. The number of anilines is 2. The number of nitrogens with one attached hydrogen (secondary N) is 3. The second kappa shape index (κ2) is 5.06. The van der Waals surface area contributed by atoms with Gasteiger partial charge in [-0.15, -0.1) is 0 Å². The minimum Gasteiger partial charge on any atom is -0.339 e. The lowest BCUT2D eigenvalue weighted by molar-refractivity contribution is -0.137. The fourth-order valence-corrected chi connectivity index (χ4v) is 2.15. The van der Waals surface area contributed by atoms with Crippen molar-refractivity contribution in [2.24, 2.45) is 0 Å². The maximum Gasteiger partial charge on any atom is 0.417 e. The number of halogens is 4. The molecule has 0 amide bonds. The number of benzene rings is 1. The van der Waals surface area contributed by atoms with E-state index >= 15 is 0 Å². The molecule has 0 unspecified atom stereocenters. The van der Waals surface area contributed by atoms with Crippen molar-refractivity contribution in [1.82, 2.24) is 15.0 Å². The summed E-state index contributed by atoms with van der Waals surface area (Å²) in [5.41, 5.74) is 0.420. The van der Waals surface area contributed by atoms with E-state index in [0.29, 0.717) is 22.9 Å². The molecule has 1 aromatic carbocycles. The molecular weight excluding hydrogens is 321 g/mol. The number of hydrogen-bond donors (Lipinski definition) is 3. The predicted octanol–water partition coefficient (Wildman–Crippen LogP) is 3.67. The molecule has 0 saturated carbocycles. The van der Waals surface area contributed by atoms with E-state index in [2.05, 4.69) is 20.3 Å². The SMILES string of the molecule is O=c1[nH]c2ccc(Nc3ncc(C(F)(F)F)cc3Cl)cc2[nH]1. The first-order valence-electron chi connectivity index (χ1n) is 6.05. The van der Waals surface area contributed by atoms with Gasteiger partial charge in [-0.25, -0.2) is 9.78 Å². The maximum absolute atomic E-state index is 12.5. The van der Waals surface area contributed by atoms with Gasteiger partial charge in [-0.3, -0.25) is 0 Å². The van der Waals surface area contributed by atoms with Gasteiger partial charge in [0.2, 0.25) is 0 Å². The first kappa shape index (κ1) is 14.5. The molecular formula is C13H8ClF3N4O. The van der Waals surface area contributed by atoms with Gasteiger partial charge in [-0.05, 0) is 24.3 Å². The molecule has 114 valence electrons. The van der Waals surface area contributed by atoms with Gasteiger partial charge in [0.1, 0.15) is 5.82 Å². The molecule has 2 heterocycles. The van der Waals surface area contributed by atoms with Crippen LogP contribution in [0.15, 0.2) is 35.3 Å². The quantitative estimate of drug-likeness (QED) is 0.672. The second-order valence-corrected chi connectivity index (χ2v) is 4.92. The van der Waals surface area contributed by atoms with E-state index in [1.54, 1.807) is 18.2 Å². The number of nitrogens with zero attached hydrogens (tertiary/aromatic N) is 1. The molecule has 3 N–H and O–H groups in total. The monoisotopic (exact) mass is 328 g/mol. The molecule has 0 aliphatic carbocycles. The first-order chi connectivity index (χ1) is 10.3. The summed E-state index contributed by atoms with van der Waals surface area (Å²) >= 11 is 5.82. The molecule has 3 rings (SSSR count). The van der Waals surface area contributed by atoms with Gasteiger partial charge in [-0.2, -0.15) is 13.2 Å². The molecule has 0 saturated heterocycles. The van der Waals surface area contributed by atoms with Crippen LogP contribution in [0.3, 0.4) is 0 Å². The van der Waals surface area contributed by atoms with Crippen molar-refractivity contribution >= 4 is 34.1 Å². The fraction of sp³-hybridized carbons (Fsp3) is 0.0769. The highest BCUT2D eigenvalue weighted by Gasteiger charge is 2.31. The topological polar surface area (TPSA) is 73.6 Å². The molecule has 3 aromatic rings. The molecule has 0 aliphatic heterocycles. The van der Waals surface area contributed by atoms with E-state index in [1.165, 1.54) is 0 Å². The van der Waals surface area contributed by atoms with Crippen molar-refractivity contribution < 1.29 is 13.2 Å². The standard InChI is InChI=1S/C13H8ClF3N4O/c14-8-3-6(13(15,16)17)5-18-11(8)19-7-1-2-9-10(4-7)21-12(22)20-9/h1-5H,(H,18,19)(H2,20,21,22). The highest BCUT2D eigenvalue weighted by Crippen LogP contribution is 2.33. The summed E-state index contributed by atoms with van der Waals surface area (Å²) in [6.45, 7) is 0. The van der Waals surface area contributed by atoms with Crippen molar-refractivity contribution in [3.63, 3.8) is 0 Å². The zero-order valence-electron chi connectivity index (χ0n) is 10.8. The predicted molar refractivity (Wildman–Crippen MR) is 76.5 cm³/mol. The van der Waals surface area contributed by atoms with Crippen LogP contribution in [0.1, 0.15) is 5.56 Å². The average Bonchev–Trinajstić information content (AvgIpc) is 2.79. The molecule has 2 aromatic heterocycles. The minimum absolute atomic E-state index is 0.0897. The van der Waals surface area contributed by atoms with Crippen molar-refractivity contribution in [3.8, 4) is 0 Å². The number of fused-ring (bicyclic) bond motifs is 1. The largest absolute Gasteiger partial charge is 0.417 e. The Bertz CT molecular complexity index is 900. The molecule has 0 spiro atoms. The Kier molecular flexibility index (Phi) is 3.32. The number of alkyl halides is 3. The lowest BCUT2D eigenvalue weighted by Gasteiger charge is -2.10. The van der Waals surface area contributed by atoms with Gasteiger partial charge in [0, 0.05) is 11.9 Å². The molecule has 0 aliphatic rings. The van der Waals surface area contributed by atoms with Crippen LogP contribution in [-0.4, -0.2) is 15.0 Å². The molecule has 9 heteroatoms. The maximum atomic E-state index is 12.5. The molecule has 0 bridgehead atoms. The average molecular weight is 329 g/mol. The summed E-state index contributed by atoms with van der Waals surface area (Å²) in [5.74, 6) is 0.0897. The lowest BCUT2D eigenvalue weighted by Crippen LogP contribution is -2.06. The highest BCUT2D eigenvalue weighted by molar-refractivity contribution is 6.33. The van der Waals surface area contributed by atoms with Crippen LogP contribution in [0, 0.1) is 0 Å². The van der Waals surface area contributed by atoms with Gasteiger partial charge in [0.15, 0.2) is 0 Å². The normalized spacial score (nSPS) is 11.8. The van der Waals surface area contributed by atoms with Crippen LogP contribution in [0.4, 0.5) is 24.7 Å². The first-order valence-corrected chi connectivity index (χ1v) is 6.42. The lowest BCUT2D eigenvalue weighted by atomic mass is 10.2. The van der Waals surface area contributed by atoms with E-state index in [9.17, 15) is 18.0 Å². The summed E-state index contributed by atoms with van der Waals surface area (Å²) in [6.07, 6.45) is -3.80. The van der Waals surface area contributed by atoms with E-state index in [-0.39, 0.29) is 16.5 Å². The fourth-order valence-electron chi connectivity index (χ4n) is 1.93. The van der Waals surface area contributed by atoms with Crippen LogP contribution < -0.4 is 11.0 Å². The summed E-state index contributed by atoms with van der Waals surface area (Å²) < 4.78 is 37.6. The summed E-state index contributed by atoms with van der Waals surface area (Å²) in [5, 5.41) is 2.65. The van der Waals surface area contributed by atoms with Gasteiger partial charge in [0.25, 0.3) is 0 Å². The van der Waals surface area contributed by atoms with Crippen molar-refractivity contribution in [1.29, 1.82) is 0 Å². The summed E-state index contributed by atoms with van der Waals surface area (Å²) in [4.78, 5) is 20.0. The highest BCUT2D eigenvalue weighted by atomic mass is 35.5. The summed E-state index contributed by atoms with van der Waals surface area (Å²) in [6, 6.07) is 5.70. The minimum atomic E-state index is -4.50. The Hall–Kier alpha value is -2.48. The van der Waals surface area contributed by atoms with Gasteiger partial charge in [0.05, 0.1) is 21.6 Å². The van der Waals surface area contributed by atoms with Gasteiger partial charge in [-0.1, -0.05) is 11.6 Å². The number of rotatable bonds is 2. The number of hydrogen-bond acceptors (Lipinski definition) is 3. The third kappa shape index (κ3) is 2.77. The molecule has 0 atom stereocenters. The summed E-state index contributed by atoms with van der Waals surface area (Å²) in [7, 11) is 0. The Balaban J connectivity index is 1.92. The number of pyridine rings is 1. The van der Waals surface area contributed by atoms with Crippen LogP contribution in [0.2, 0.25) is 5.02 Å². The molecule has 22 heavy (non-hydrogen) atoms. The molecule has 0 fully saturated rings. The third-order valence-corrected chi connectivity index (χ3v) is 3.24. The number of imidazole rings is 1. The Morgan fingerprint density at radius 1 is 1.14 bits per heavy atom. The number of aromatic nitrogens is 3. The van der Waals surface area contributed by atoms with Crippen LogP contribution >= 0.6 is 11.6 Å². The van der Waals surface area contributed by atoms with E-state index < -0.39 is 11.7 Å². The van der Waals surface area contributed by atoms with E-state index in [0.717, 1.165) is 6.07 Å². The van der Waals surface area contributed by atoms with Gasteiger partial charge >= 0.3 is 11.9 Å². The zero-order valence-corrected chi connectivity index (χ0v) is 11.5. The molecule has 0 radical (unpaired) electrons. The van der Waals surface area contributed by atoms with Crippen molar-refractivity contribution in [3.05, 3.63) is 51.5 Å². The van der Waals surface area contributed by atoms with E-state index in [4.69, 9.17) is 11.6 Å². The smallest absolute Gasteiger partial charge is 0.339 e. The second-order valence-electron chi connectivity index (χ2n) is 4.52. The zero-order chi connectivity index (χ0) is 15.9.